The Morgan fingerprint density at radius 1 is 1.60 bits per heavy atom. The lowest BCUT2D eigenvalue weighted by atomic mass is 9.99. The minimum absolute atomic E-state index is 0.205. The first-order chi connectivity index (χ1) is 7.27. The van der Waals surface area contributed by atoms with E-state index in [-0.39, 0.29) is 12.5 Å². The fourth-order valence-electron chi connectivity index (χ4n) is 1.97. The van der Waals surface area contributed by atoms with E-state index in [4.69, 9.17) is 5.11 Å². The van der Waals surface area contributed by atoms with Crippen molar-refractivity contribution in [1.82, 2.24) is 10.2 Å². The molecule has 0 bridgehead atoms. The van der Waals surface area contributed by atoms with Gasteiger partial charge in [0.05, 0.1) is 0 Å². The van der Waals surface area contributed by atoms with Gasteiger partial charge < -0.3 is 15.3 Å². The van der Waals surface area contributed by atoms with E-state index in [1.54, 1.807) is 0 Å². The molecule has 1 unspecified atom stereocenters. The summed E-state index contributed by atoms with van der Waals surface area (Å²) < 4.78 is 0. The maximum Gasteiger partial charge on any atom is 0.223 e. The highest BCUT2D eigenvalue weighted by molar-refractivity contribution is 5.76. The second-order valence-electron chi connectivity index (χ2n) is 4.13. The van der Waals surface area contributed by atoms with E-state index in [2.05, 4.69) is 5.32 Å². The molecule has 0 saturated carbocycles. The van der Waals surface area contributed by atoms with Gasteiger partial charge in [-0.2, -0.15) is 0 Å². The van der Waals surface area contributed by atoms with Gasteiger partial charge in [-0.05, 0) is 25.3 Å². The molecule has 88 valence electrons. The maximum atomic E-state index is 11.7. The van der Waals surface area contributed by atoms with Crippen molar-refractivity contribution in [2.75, 3.05) is 32.8 Å². The smallest absolute Gasteiger partial charge is 0.223 e. The van der Waals surface area contributed by atoms with Gasteiger partial charge in [0.15, 0.2) is 0 Å². The van der Waals surface area contributed by atoms with E-state index in [0.29, 0.717) is 12.3 Å². The number of hydrogen-bond donors (Lipinski definition) is 2. The Kier molecular flexibility index (Phi) is 5.65. The fourth-order valence-corrected chi connectivity index (χ4v) is 1.97. The number of carbonyl (C=O) groups is 1. The molecular formula is C11H22N2O2. The van der Waals surface area contributed by atoms with E-state index in [0.717, 1.165) is 39.0 Å². The normalized spacial score (nSPS) is 21.7. The number of piperidine rings is 1. The average molecular weight is 214 g/mol. The van der Waals surface area contributed by atoms with Crippen molar-refractivity contribution in [3.63, 3.8) is 0 Å². The fraction of sp³-hybridized carbons (Fsp3) is 0.909. The van der Waals surface area contributed by atoms with Crippen molar-refractivity contribution in [2.24, 2.45) is 5.92 Å². The number of aliphatic hydroxyl groups is 1. The summed E-state index contributed by atoms with van der Waals surface area (Å²) in [4.78, 5) is 13.6. The molecule has 1 fully saturated rings. The quantitative estimate of drug-likeness (QED) is 0.644. The van der Waals surface area contributed by atoms with E-state index in [9.17, 15) is 4.79 Å². The third-order valence-electron chi connectivity index (χ3n) is 2.90. The largest absolute Gasteiger partial charge is 0.396 e. The van der Waals surface area contributed by atoms with Crippen LogP contribution in [-0.4, -0.2) is 48.7 Å². The first-order valence-corrected chi connectivity index (χ1v) is 5.87. The van der Waals surface area contributed by atoms with Crippen LogP contribution in [0.5, 0.6) is 0 Å². The Morgan fingerprint density at radius 2 is 2.40 bits per heavy atom. The van der Waals surface area contributed by atoms with Crippen molar-refractivity contribution in [3.05, 3.63) is 0 Å². The topological polar surface area (TPSA) is 52.6 Å². The Hall–Kier alpha value is -0.610. The van der Waals surface area contributed by atoms with Crippen molar-refractivity contribution >= 4 is 5.91 Å². The molecule has 2 N–H and O–H groups in total. The van der Waals surface area contributed by atoms with Crippen LogP contribution in [0.25, 0.3) is 0 Å². The molecule has 15 heavy (non-hydrogen) atoms. The minimum atomic E-state index is 0.205. The molecule has 1 aliphatic heterocycles. The molecule has 0 aromatic rings. The first kappa shape index (κ1) is 12.5. The molecule has 1 rings (SSSR count). The molecule has 1 heterocycles. The summed E-state index contributed by atoms with van der Waals surface area (Å²) in [5.74, 6) is 0.510. The molecule has 0 aliphatic carbocycles. The number of carbonyl (C=O) groups excluding carboxylic acids is 1. The molecule has 1 saturated heterocycles. The van der Waals surface area contributed by atoms with Crippen LogP contribution in [0.15, 0.2) is 0 Å². The number of amides is 1. The van der Waals surface area contributed by atoms with Gasteiger partial charge in [0.25, 0.3) is 0 Å². The number of nitrogens with one attached hydrogen (secondary N) is 1. The molecule has 1 atom stereocenters. The van der Waals surface area contributed by atoms with Crippen LogP contribution in [0.3, 0.4) is 0 Å². The molecule has 0 aromatic carbocycles. The van der Waals surface area contributed by atoms with E-state index in [1.165, 1.54) is 0 Å². The predicted octanol–water partition coefficient (Wildman–Crippen LogP) is 0.217. The molecule has 0 radical (unpaired) electrons. The summed E-state index contributed by atoms with van der Waals surface area (Å²) in [6.45, 7) is 5.51. The Labute approximate surface area is 91.6 Å². The highest BCUT2D eigenvalue weighted by Gasteiger charge is 2.22. The summed E-state index contributed by atoms with van der Waals surface area (Å²) in [5.41, 5.74) is 0. The molecule has 4 heteroatoms. The molecule has 1 aliphatic rings. The Balaban J connectivity index is 2.25. The van der Waals surface area contributed by atoms with Crippen molar-refractivity contribution in [2.45, 2.75) is 26.2 Å². The standard InChI is InChI=1S/C11H22N2O2/c1-2-12-6-5-11(15)13-7-3-4-10(8-13)9-14/h10,12,14H,2-9H2,1H3. The lowest BCUT2D eigenvalue weighted by molar-refractivity contribution is -0.133. The number of hydrogen-bond acceptors (Lipinski definition) is 3. The zero-order valence-corrected chi connectivity index (χ0v) is 9.54. The summed E-state index contributed by atoms with van der Waals surface area (Å²) in [6.07, 6.45) is 2.65. The number of likely N-dealkylation sites (tertiary alicyclic amines) is 1. The second-order valence-corrected chi connectivity index (χ2v) is 4.13. The molecular weight excluding hydrogens is 192 g/mol. The van der Waals surface area contributed by atoms with E-state index in [1.807, 2.05) is 11.8 Å². The summed E-state index contributed by atoms with van der Waals surface area (Å²) in [7, 11) is 0. The SMILES string of the molecule is CCNCCC(=O)N1CCCC(CO)C1. The van der Waals surface area contributed by atoms with Crippen LogP contribution in [0, 0.1) is 5.92 Å². The van der Waals surface area contributed by atoms with Crippen molar-refractivity contribution < 1.29 is 9.90 Å². The second kappa shape index (κ2) is 6.80. The van der Waals surface area contributed by atoms with Gasteiger partial charge in [0.1, 0.15) is 0 Å². The van der Waals surface area contributed by atoms with Crippen LogP contribution >= 0.6 is 0 Å². The summed E-state index contributed by atoms with van der Waals surface area (Å²) >= 11 is 0. The van der Waals surface area contributed by atoms with Gasteiger partial charge in [0.2, 0.25) is 5.91 Å². The Bertz CT molecular complexity index is 197. The van der Waals surface area contributed by atoms with Crippen LogP contribution in [0.2, 0.25) is 0 Å². The van der Waals surface area contributed by atoms with Gasteiger partial charge in [0, 0.05) is 32.7 Å². The summed E-state index contributed by atoms with van der Waals surface area (Å²) in [5, 5.41) is 12.2. The highest BCUT2D eigenvalue weighted by atomic mass is 16.3. The minimum Gasteiger partial charge on any atom is -0.396 e. The average Bonchev–Trinajstić information content (AvgIpc) is 2.29. The first-order valence-electron chi connectivity index (χ1n) is 5.87. The van der Waals surface area contributed by atoms with E-state index >= 15 is 0 Å². The lowest BCUT2D eigenvalue weighted by Gasteiger charge is -2.31. The van der Waals surface area contributed by atoms with Gasteiger partial charge >= 0.3 is 0 Å². The monoisotopic (exact) mass is 214 g/mol. The van der Waals surface area contributed by atoms with Gasteiger partial charge in [-0.1, -0.05) is 6.92 Å². The lowest BCUT2D eigenvalue weighted by Crippen LogP contribution is -2.41. The number of aliphatic hydroxyl groups excluding tert-OH is 1. The maximum absolute atomic E-state index is 11.7. The van der Waals surface area contributed by atoms with Crippen LogP contribution in [-0.2, 0) is 4.79 Å². The van der Waals surface area contributed by atoms with Crippen LogP contribution in [0.1, 0.15) is 26.2 Å². The summed E-state index contributed by atoms with van der Waals surface area (Å²) in [6, 6.07) is 0. The molecule has 1 amide bonds. The van der Waals surface area contributed by atoms with E-state index < -0.39 is 0 Å². The third kappa shape index (κ3) is 4.18. The zero-order valence-electron chi connectivity index (χ0n) is 9.54. The van der Waals surface area contributed by atoms with Crippen molar-refractivity contribution in [3.8, 4) is 0 Å². The van der Waals surface area contributed by atoms with Crippen LogP contribution < -0.4 is 5.32 Å². The van der Waals surface area contributed by atoms with Gasteiger partial charge in [-0.25, -0.2) is 0 Å². The number of rotatable bonds is 5. The van der Waals surface area contributed by atoms with Gasteiger partial charge in [-0.3, -0.25) is 4.79 Å². The zero-order chi connectivity index (χ0) is 11.1. The highest BCUT2D eigenvalue weighted by Crippen LogP contribution is 2.16. The molecule has 0 spiro atoms. The third-order valence-corrected chi connectivity index (χ3v) is 2.90. The number of nitrogens with zero attached hydrogens (tertiary/aromatic N) is 1. The Morgan fingerprint density at radius 3 is 3.07 bits per heavy atom. The van der Waals surface area contributed by atoms with Gasteiger partial charge in [-0.15, -0.1) is 0 Å². The molecule has 0 aromatic heterocycles. The molecule has 4 nitrogen and oxygen atoms in total. The van der Waals surface area contributed by atoms with Crippen molar-refractivity contribution in [1.29, 1.82) is 0 Å². The predicted molar refractivity (Wildman–Crippen MR) is 59.6 cm³/mol. The van der Waals surface area contributed by atoms with Crippen LogP contribution in [0.4, 0.5) is 0 Å².